The molecule has 0 fully saturated rings. The summed E-state index contributed by atoms with van der Waals surface area (Å²) < 4.78 is 27.6. The highest BCUT2D eigenvalue weighted by Gasteiger charge is 2.51. The summed E-state index contributed by atoms with van der Waals surface area (Å²) in [5.41, 5.74) is 0.875. The maximum Gasteiger partial charge on any atom is 0.488 e. The van der Waals surface area contributed by atoms with Crippen LogP contribution in [0.3, 0.4) is 0 Å². The highest BCUT2D eigenvalue weighted by molar-refractivity contribution is 7.89. The summed E-state index contributed by atoms with van der Waals surface area (Å²) in [4.78, 5) is 0.325. The molecule has 0 saturated heterocycles. The van der Waals surface area contributed by atoms with Gasteiger partial charge in [0.1, 0.15) is 0 Å². The number of hydrogen-bond donors (Lipinski definition) is 2. The second kappa shape index (κ2) is 5.34. The monoisotopic (exact) mass is 325 g/mol. The van der Waals surface area contributed by atoms with Gasteiger partial charge >= 0.3 is 7.12 Å². The van der Waals surface area contributed by atoms with Gasteiger partial charge in [0.25, 0.3) is 0 Å². The van der Waals surface area contributed by atoms with Gasteiger partial charge in [-0.2, -0.15) is 4.31 Å². The first-order valence-electron chi connectivity index (χ1n) is 7.51. The maximum atomic E-state index is 13.0. The lowest BCUT2D eigenvalue weighted by Crippen LogP contribution is -2.44. The minimum atomic E-state index is -3.60. The maximum absolute atomic E-state index is 13.0. The molecule has 0 aliphatic carbocycles. The van der Waals surface area contributed by atoms with E-state index in [0.717, 1.165) is 0 Å². The number of rotatable bonds is 3. The topological polar surface area (TPSA) is 77.8 Å². The summed E-state index contributed by atoms with van der Waals surface area (Å²) in [5, 5.41) is 19.1. The summed E-state index contributed by atoms with van der Waals surface area (Å²) in [6.07, 6.45) is 0. The van der Waals surface area contributed by atoms with E-state index in [-0.39, 0.29) is 12.0 Å². The van der Waals surface area contributed by atoms with Crippen LogP contribution in [0.1, 0.15) is 58.6 Å². The van der Waals surface area contributed by atoms with Crippen LogP contribution < -0.4 is 5.46 Å². The first-order valence-corrected chi connectivity index (χ1v) is 8.95. The van der Waals surface area contributed by atoms with Gasteiger partial charge < -0.3 is 10.0 Å². The molecule has 0 aromatic heterocycles. The van der Waals surface area contributed by atoms with E-state index >= 15 is 0 Å². The number of hydrogen-bond acceptors (Lipinski definition) is 4. The van der Waals surface area contributed by atoms with Crippen LogP contribution in [0.2, 0.25) is 0 Å². The Morgan fingerprint density at radius 2 is 1.68 bits per heavy atom. The van der Waals surface area contributed by atoms with Crippen LogP contribution in [-0.2, 0) is 15.6 Å². The molecule has 2 N–H and O–H groups in total. The Balaban J connectivity index is 2.89. The largest absolute Gasteiger partial charge is 0.488 e. The molecule has 1 aromatic rings. The summed E-state index contributed by atoms with van der Waals surface area (Å²) in [6, 6.07) is 3.01. The summed E-state index contributed by atoms with van der Waals surface area (Å²) >= 11 is 0. The SMILES string of the molecule is CC(C)c1cc(B(O)O)cc2c1S(=O)(=O)N(C(C)C)C2(C)C. The Morgan fingerprint density at radius 3 is 2.09 bits per heavy atom. The van der Waals surface area contributed by atoms with E-state index in [9.17, 15) is 18.5 Å². The molecule has 0 spiro atoms. The molecule has 1 aromatic carbocycles. The Labute approximate surface area is 133 Å². The third kappa shape index (κ3) is 2.40. The van der Waals surface area contributed by atoms with E-state index in [4.69, 9.17) is 0 Å². The highest BCUT2D eigenvalue weighted by Crippen LogP contribution is 2.47. The van der Waals surface area contributed by atoms with Gasteiger partial charge in [-0.1, -0.05) is 26.0 Å². The molecule has 122 valence electrons. The van der Waals surface area contributed by atoms with Crippen molar-refractivity contribution < 1.29 is 18.5 Å². The molecular weight excluding hydrogens is 301 g/mol. The van der Waals surface area contributed by atoms with Crippen molar-refractivity contribution in [2.75, 3.05) is 0 Å². The van der Waals surface area contributed by atoms with Crippen LogP contribution in [-0.4, -0.2) is 35.9 Å². The minimum Gasteiger partial charge on any atom is -0.423 e. The van der Waals surface area contributed by atoms with E-state index in [1.807, 2.05) is 41.5 Å². The molecule has 2 rings (SSSR count). The van der Waals surface area contributed by atoms with E-state index < -0.39 is 22.7 Å². The molecule has 5 nitrogen and oxygen atoms in total. The molecule has 22 heavy (non-hydrogen) atoms. The van der Waals surface area contributed by atoms with Crippen LogP contribution in [0.5, 0.6) is 0 Å². The van der Waals surface area contributed by atoms with Gasteiger partial charge in [0.05, 0.1) is 10.4 Å². The Bertz CT molecular complexity index is 696. The fourth-order valence-electron chi connectivity index (χ4n) is 3.44. The molecule has 0 atom stereocenters. The molecule has 1 aliphatic heterocycles. The van der Waals surface area contributed by atoms with Gasteiger partial charge in [0.2, 0.25) is 10.0 Å². The number of nitrogens with zero attached hydrogens (tertiary/aromatic N) is 1. The van der Waals surface area contributed by atoms with Gasteiger partial charge in [-0.05, 0) is 50.2 Å². The third-order valence-corrected chi connectivity index (χ3v) is 6.62. The van der Waals surface area contributed by atoms with Crippen molar-refractivity contribution in [3.05, 3.63) is 23.3 Å². The number of fused-ring (bicyclic) bond motifs is 1. The summed E-state index contributed by atoms with van der Waals surface area (Å²) in [5.74, 6) is -0.0369. The normalized spacial score (nSPS) is 19.7. The number of sulfonamides is 1. The lowest BCUT2D eigenvalue weighted by Gasteiger charge is -2.33. The first kappa shape index (κ1) is 17.5. The second-order valence-corrected chi connectivity index (χ2v) is 8.72. The number of benzene rings is 1. The fourth-order valence-corrected chi connectivity index (χ4v) is 6.07. The van der Waals surface area contributed by atoms with Crippen LogP contribution in [0.25, 0.3) is 0 Å². The highest BCUT2D eigenvalue weighted by atomic mass is 32.2. The summed E-state index contributed by atoms with van der Waals surface area (Å²) in [6.45, 7) is 11.2. The Morgan fingerprint density at radius 1 is 1.14 bits per heavy atom. The van der Waals surface area contributed by atoms with Crippen LogP contribution in [0, 0.1) is 0 Å². The van der Waals surface area contributed by atoms with Crippen molar-refractivity contribution in [3.8, 4) is 0 Å². The molecule has 1 aliphatic rings. The zero-order valence-corrected chi connectivity index (χ0v) is 14.8. The molecule has 0 saturated carbocycles. The lowest BCUT2D eigenvalue weighted by molar-refractivity contribution is 0.204. The van der Waals surface area contributed by atoms with Crippen molar-refractivity contribution in [2.45, 2.75) is 63.9 Å². The van der Waals surface area contributed by atoms with E-state index in [1.165, 1.54) is 4.31 Å². The van der Waals surface area contributed by atoms with Gasteiger partial charge in [-0.25, -0.2) is 8.42 Å². The van der Waals surface area contributed by atoms with Crippen molar-refractivity contribution in [1.29, 1.82) is 0 Å². The van der Waals surface area contributed by atoms with Crippen molar-refractivity contribution in [2.24, 2.45) is 0 Å². The molecule has 0 unspecified atom stereocenters. The van der Waals surface area contributed by atoms with E-state index in [0.29, 0.717) is 21.5 Å². The smallest absolute Gasteiger partial charge is 0.423 e. The Kier molecular flexibility index (Phi) is 4.24. The van der Waals surface area contributed by atoms with Gasteiger partial charge in [0, 0.05) is 6.04 Å². The quantitative estimate of drug-likeness (QED) is 0.817. The van der Waals surface area contributed by atoms with Crippen molar-refractivity contribution in [1.82, 2.24) is 4.31 Å². The van der Waals surface area contributed by atoms with Crippen LogP contribution in [0.15, 0.2) is 17.0 Å². The van der Waals surface area contributed by atoms with Gasteiger partial charge in [-0.15, -0.1) is 0 Å². The molecule has 7 heteroatoms. The third-order valence-electron chi connectivity index (χ3n) is 4.26. The molecule has 0 amide bonds. The molecule has 0 radical (unpaired) electrons. The van der Waals surface area contributed by atoms with Crippen LogP contribution >= 0.6 is 0 Å². The van der Waals surface area contributed by atoms with Gasteiger partial charge in [-0.3, -0.25) is 0 Å². The van der Waals surface area contributed by atoms with Crippen molar-refractivity contribution in [3.63, 3.8) is 0 Å². The standard InChI is InChI=1S/C15H24BNO4S/c1-9(2)12-7-11(16(18)19)8-13-14(12)22(20,21)17(10(3)4)15(13,5)6/h7-10,18-19H,1-6H3. The van der Waals surface area contributed by atoms with Crippen LogP contribution in [0.4, 0.5) is 0 Å². The van der Waals surface area contributed by atoms with Gasteiger partial charge in [0.15, 0.2) is 0 Å². The minimum absolute atomic E-state index is 0.0369. The van der Waals surface area contributed by atoms with Crippen molar-refractivity contribution >= 4 is 22.6 Å². The first-order chi connectivity index (χ1) is 9.92. The molecule has 1 heterocycles. The van der Waals surface area contributed by atoms with E-state index in [2.05, 4.69) is 0 Å². The molecule has 0 bridgehead atoms. The second-order valence-electron chi connectivity index (χ2n) is 6.97. The van der Waals surface area contributed by atoms with E-state index in [1.54, 1.807) is 12.1 Å². The summed E-state index contributed by atoms with van der Waals surface area (Å²) in [7, 11) is -5.22. The average molecular weight is 325 g/mol. The predicted molar refractivity (Wildman–Crippen MR) is 87.5 cm³/mol. The lowest BCUT2D eigenvalue weighted by atomic mass is 9.75. The Hall–Kier alpha value is -0.885. The molecular formula is C15H24BNO4S. The predicted octanol–water partition coefficient (Wildman–Crippen LogP) is 1.14. The average Bonchev–Trinajstić information content (AvgIpc) is 2.51. The zero-order valence-electron chi connectivity index (χ0n) is 14.0. The zero-order chi connectivity index (χ0) is 17.0. The fraction of sp³-hybridized carbons (Fsp3) is 0.600.